The lowest BCUT2D eigenvalue weighted by molar-refractivity contribution is -0.138. The van der Waals surface area contributed by atoms with Crippen molar-refractivity contribution in [2.24, 2.45) is 5.73 Å². The number of carboxylic acid groups (broad SMARTS) is 1. The largest absolute Gasteiger partial charge is 0.480 e. The number of halogens is 1. The van der Waals surface area contributed by atoms with Gasteiger partial charge < -0.3 is 10.8 Å². The third-order valence-corrected chi connectivity index (χ3v) is 1.27. The van der Waals surface area contributed by atoms with Gasteiger partial charge in [-0.15, -0.1) is 0 Å². The Morgan fingerprint density at radius 1 is 1.89 bits per heavy atom. The second kappa shape index (κ2) is 3.85. The van der Waals surface area contributed by atoms with Crippen molar-refractivity contribution in [1.82, 2.24) is 0 Å². The Balaban J connectivity index is 3.50. The van der Waals surface area contributed by atoms with E-state index < -0.39 is 12.0 Å². The molecule has 0 saturated heterocycles. The van der Waals surface area contributed by atoms with Crippen LogP contribution < -0.4 is 5.73 Å². The summed E-state index contributed by atoms with van der Waals surface area (Å²) < 4.78 is 0. The predicted octanol–water partition coefficient (Wildman–Crippen LogP) is 0.572. The van der Waals surface area contributed by atoms with Crippen molar-refractivity contribution in [1.29, 1.82) is 0 Å². The van der Waals surface area contributed by atoms with Crippen LogP contribution in [0.25, 0.3) is 0 Å². The first-order valence-corrected chi connectivity index (χ1v) is 3.58. The SMILES string of the molecule is CC(Br)CC(N)C(=O)O. The van der Waals surface area contributed by atoms with Crippen LogP contribution in [-0.2, 0) is 4.79 Å². The van der Waals surface area contributed by atoms with Crippen LogP contribution in [0.1, 0.15) is 13.3 Å². The van der Waals surface area contributed by atoms with E-state index in [0.717, 1.165) is 0 Å². The molecule has 0 aromatic rings. The van der Waals surface area contributed by atoms with Gasteiger partial charge in [0.25, 0.3) is 0 Å². The monoisotopic (exact) mass is 195 g/mol. The van der Waals surface area contributed by atoms with Gasteiger partial charge >= 0.3 is 5.97 Å². The van der Waals surface area contributed by atoms with Gasteiger partial charge in [0.15, 0.2) is 0 Å². The lowest BCUT2D eigenvalue weighted by Crippen LogP contribution is -2.31. The fourth-order valence-corrected chi connectivity index (χ4v) is 0.853. The summed E-state index contributed by atoms with van der Waals surface area (Å²) in [6, 6.07) is -0.737. The van der Waals surface area contributed by atoms with E-state index in [0.29, 0.717) is 6.42 Å². The number of nitrogens with two attached hydrogens (primary N) is 1. The Hall–Kier alpha value is -0.0900. The number of hydrogen-bond acceptors (Lipinski definition) is 2. The standard InChI is InChI=1S/C5H10BrNO2/c1-3(6)2-4(7)5(8)9/h3-4H,2,7H2,1H3,(H,8,9). The molecule has 0 rings (SSSR count). The van der Waals surface area contributed by atoms with E-state index in [1.54, 1.807) is 0 Å². The first-order valence-electron chi connectivity index (χ1n) is 2.66. The molecule has 4 heteroatoms. The van der Waals surface area contributed by atoms with E-state index in [1.165, 1.54) is 0 Å². The van der Waals surface area contributed by atoms with Gasteiger partial charge in [-0.3, -0.25) is 4.79 Å². The first kappa shape index (κ1) is 8.91. The van der Waals surface area contributed by atoms with E-state index in [-0.39, 0.29) is 4.83 Å². The lowest BCUT2D eigenvalue weighted by Gasteiger charge is -2.06. The van der Waals surface area contributed by atoms with Gasteiger partial charge in [0, 0.05) is 4.83 Å². The molecule has 54 valence electrons. The molecular formula is C5H10BrNO2. The third kappa shape index (κ3) is 4.42. The maximum atomic E-state index is 10.1. The van der Waals surface area contributed by atoms with E-state index >= 15 is 0 Å². The van der Waals surface area contributed by atoms with E-state index in [1.807, 2.05) is 6.92 Å². The summed E-state index contributed by atoms with van der Waals surface area (Å²) in [5.74, 6) is -0.943. The second-order valence-electron chi connectivity index (χ2n) is 1.96. The predicted molar refractivity (Wildman–Crippen MR) is 38.6 cm³/mol. The highest BCUT2D eigenvalue weighted by molar-refractivity contribution is 9.09. The zero-order chi connectivity index (χ0) is 7.44. The molecule has 0 fully saturated rings. The van der Waals surface area contributed by atoms with Crippen molar-refractivity contribution in [2.75, 3.05) is 0 Å². The Kier molecular flexibility index (Phi) is 3.81. The molecule has 0 amide bonds. The van der Waals surface area contributed by atoms with E-state index in [2.05, 4.69) is 15.9 Å². The minimum absolute atomic E-state index is 0.170. The van der Waals surface area contributed by atoms with Gasteiger partial charge in [0.1, 0.15) is 6.04 Å². The molecule has 0 aliphatic rings. The molecular weight excluding hydrogens is 186 g/mol. The number of aliphatic carboxylic acids is 1. The molecule has 2 unspecified atom stereocenters. The zero-order valence-corrected chi connectivity index (χ0v) is 6.76. The van der Waals surface area contributed by atoms with Crippen molar-refractivity contribution >= 4 is 21.9 Å². The molecule has 9 heavy (non-hydrogen) atoms. The maximum absolute atomic E-state index is 10.1. The number of alkyl halides is 1. The molecule has 0 heterocycles. The van der Waals surface area contributed by atoms with Crippen LogP contribution in [0.15, 0.2) is 0 Å². The van der Waals surface area contributed by atoms with Gasteiger partial charge in [0.05, 0.1) is 0 Å². The molecule has 0 saturated carbocycles. The van der Waals surface area contributed by atoms with E-state index in [9.17, 15) is 4.79 Å². The summed E-state index contributed by atoms with van der Waals surface area (Å²) in [6.07, 6.45) is 0.468. The highest BCUT2D eigenvalue weighted by Gasteiger charge is 2.12. The van der Waals surface area contributed by atoms with Crippen LogP contribution in [0.2, 0.25) is 0 Å². The van der Waals surface area contributed by atoms with Gasteiger partial charge in [0.2, 0.25) is 0 Å². The number of hydrogen-bond donors (Lipinski definition) is 2. The third-order valence-electron chi connectivity index (χ3n) is 0.896. The van der Waals surface area contributed by atoms with E-state index in [4.69, 9.17) is 10.8 Å². The molecule has 3 nitrogen and oxygen atoms in total. The highest BCUT2D eigenvalue weighted by atomic mass is 79.9. The van der Waals surface area contributed by atoms with Crippen molar-refractivity contribution in [3.05, 3.63) is 0 Å². The van der Waals surface area contributed by atoms with Crippen LogP contribution in [0.3, 0.4) is 0 Å². The van der Waals surface area contributed by atoms with Crippen LogP contribution in [0.5, 0.6) is 0 Å². The van der Waals surface area contributed by atoms with Gasteiger partial charge in [-0.1, -0.05) is 22.9 Å². The zero-order valence-electron chi connectivity index (χ0n) is 5.17. The molecule has 0 aromatic heterocycles. The average molecular weight is 196 g/mol. The second-order valence-corrected chi connectivity index (χ2v) is 3.52. The molecule has 0 radical (unpaired) electrons. The smallest absolute Gasteiger partial charge is 0.320 e. The fraction of sp³-hybridized carbons (Fsp3) is 0.800. The molecule has 3 N–H and O–H groups in total. The number of carboxylic acids is 1. The highest BCUT2D eigenvalue weighted by Crippen LogP contribution is 2.04. The quantitative estimate of drug-likeness (QED) is 0.648. The minimum atomic E-state index is -0.943. The molecule has 0 aliphatic carbocycles. The fourth-order valence-electron chi connectivity index (χ4n) is 0.451. The summed E-state index contributed by atoms with van der Waals surface area (Å²) in [6.45, 7) is 1.86. The molecule has 0 aromatic carbocycles. The van der Waals surface area contributed by atoms with Crippen LogP contribution in [0, 0.1) is 0 Å². The Morgan fingerprint density at radius 2 is 2.33 bits per heavy atom. The maximum Gasteiger partial charge on any atom is 0.320 e. The average Bonchev–Trinajstić information content (AvgIpc) is 1.63. The summed E-state index contributed by atoms with van der Waals surface area (Å²) >= 11 is 3.20. The van der Waals surface area contributed by atoms with Crippen molar-refractivity contribution < 1.29 is 9.90 Å². The Labute approximate surface area is 62.4 Å². The lowest BCUT2D eigenvalue weighted by atomic mass is 10.2. The normalized spacial score (nSPS) is 16.8. The number of carbonyl (C=O) groups is 1. The molecule has 0 aliphatic heterocycles. The summed E-state index contributed by atoms with van der Waals surface area (Å²) in [4.78, 5) is 10.3. The van der Waals surface area contributed by atoms with Crippen LogP contribution in [0.4, 0.5) is 0 Å². The van der Waals surface area contributed by atoms with Crippen LogP contribution in [-0.4, -0.2) is 21.9 Å². The summed E-state index contributed by atoms with van der Waals surface area (Å²) in [7, 11) is 0. The summed E-state index contributed by atoms with van der Waals surface area (Å²) in [5, 5.41) is 8.29. The van der Waals surface area contributed by atoms with Gasteiger partial charge in [-0.2, -0.15) is 0 Å². The molecule has 2 atom stereocenters. The minimum Gasteiger partial charge on any atom is -0.480 e. The molecule has 0 bridgehead atoms. The van der Waals surface area contributed by atoms with Crippen LogP contribution >= 0.6 is 15.9 Å². The van der Waals surface area contributed by atoms with Gasteiger partial charge in [-0.25, -0.2) is 0 Å². The van der Waals surface area contributed by atoms with Crippen molar-refractivity contribution in [3.63, 3.8) is 0 Å². The van der Waals surface area contributed by atoms with Crippen molar-refractivity contribution in [2.45, 2.75) is 24.2 Å². The number of rotatable bonds is 3. The summed E-state index contributed by atoms with van der Waals surface area (Å²) in [5.41, 5.74) is 5.19. The first-order chi connectivity index (χ1) is 4.04. The topological polar surface area (TPSA) is 63.3 Å². The Morgan fingerprint density at radius 3 is 2.44 bits per heavy atom. The van der Waals surface area contributed by atoms with Gasteiger partial charge in [-0.05, 0) is 6.42 Å². The molecule has 0 spiro atoms. The Bertz CT molecular complexity index is 105. The van der Waals surface area contributed by atoms with Crippen molar-refractivity contribution in [3.8, 4) is 0 Å².